The summed E-state index contributed by atoms with van der Waals surface area (Å²) in [5, 5.41) is 11.7. The number of amides is 1. The van der Waals surface area contributed by atoms with Gasteiger partial charge in [0.15, 0.2) is 11.5 Å². The Hall–Kier alpha value is -4.26. The molecular formula is C32H33NO6. The molecule has 1 saturated heterocycles. The lowest BCUT2D eigenvalue weighted by Crippen LogP contribution is -2.29. The third-order valence-electron chi connectivity index (χ3n) is 7.30. The highest BCUT2D eigenvalue weighted by molar-refractivity contribution is 6.46. The van der Waals surface area contributed by atoms with E-state index in [1.165, 1.54) is 12.0 Å². The molecule has 0 aliphatic carbocycles. The van der Waals surface area contributed by atoms with Crippen molar-refractivity contribution in [3.63, 3.8) is 0 Å². The Kier molecular flexibility index (Phi) is 6.62. The summed E-state index contributed by atoms with van der Waals surface area (Å²) in [6.07, 6.45) is 0. The molecule has 7 heteroatoms. The number of Topliss-reactive ketones (excluding diaryl/α,β-unsaturated/α-hetero) is 1. The maximum absolute atomic E-state index is 13.6. The first-order valence-corrected chi connectivity index (χ1v) is 12.9. The summed E-state index contributed by atoms with van der Waals surface area (Å²) in [5.74, 6) is 0.0194. The highest BCUT2D eigenvalue weighted by atomic mass is 16.7. The highest BCUT2D eigenvalue weighted by Gasteiger charge is 2.46. The van der Waals surface area contributed by atoms with Crippen molar-refractivity contribution in [3.8, 4) is 17.2 Å². The first-order valence-electron chi connectivity index (χ1n) is 12.9. The number of ether oxygens (including phenoxy) is 3. The predicted octanol–water partition coefficient (Wildman–Crippen LogP) is 5.96. The van der Waals surface area contributed by atoms with Gasteiger partial charge in [-0.05, 0) is 65.3 Å². The first kappa shape index (κ1) is 26.4. The topological polar surface area (TPSA) is 85.3 Å². The number of likely N-dealkylation sites (tertiary alicyclic amines) is 1. The van der Waals surface area contributed by atoms with Crippen LogP contribution >= 0.6 is 0 Å². The summed E-state index contributed by atoms with van der Waals surface area (Å²) < 4.78 is 16.5. The summed E-state index contributed by atoms with van der Waals surface area (Å²) in [6.45, 7) is 10.4. The zero-order valence-corrected chi connectivity index (χ0v) is 23.1. The average molecular weight is 528 g/mol. The van der Waals surface area contributed by atoms with Gasteiger partial charge in [0.2, 0.25) is 6.79 Å². The van der Waals surface area contributed by atoms with Gasteiger partial charge in [-0.15, -0.1) is 0 Å². The molecule has 0 saturated carbocycles. The largest absolute Gasteiger partial charge is 0.507 e. The van der Waals surface area contributed by atoms with E-state index in [0.717, 1.165) is 27.8 Å². The smallest absolute Gasteiger partial charge is 0.295 e. The summed E-state index contributed by atoms with van der Waals surface area (Å²) in [6, 6.07) is 16.2. The van der Waals surface area contributed by atoms with E-state index < -0.39 is 17.7 Å². The van der Waals surface area contributed by atoms with Crippen LogP contribution in [-0.4, -0.2) is 35.6 Å². The van der Waals surface area contributed by atoms with Crippen LogP contribution in [-0.2, 0) is 21.5 Å². The molecule has 2 aliphatic rings. The highest BCUT2D eigenvalue weighted by Crippen LogP contribution is 2.43. The van der Waals surface area contributed by atoms with E-state index in [0.29, 0.717) is 22.8 Å². The van der Waals surface area contributed by atoms with E-state index in [2.05, 4.69) is 20.8 Å². The lowest BCUT2D eigenvalue weighted by molar-refractivity contribution is -0.140. The number of carbonyl (C=O) groups is 2. The fraction of sp³-hybridized carbons (Fsp3) is 0.312. The van der Waals surface area contributed by atoms with Crippen molar-refractivity contribution in [1.29, 1.82) is 0 Å². The number of fused-ring (bicyclic) bond motifs is 1. The van der Waals surface area contributed by atoms with Crippen LogP contribution in [0.4, 0.5) is 0 Å². The quantitative estimate of drug-likeness (QED) is 0.250. The molecule has 0 bridgehead atoms. The molecule has 3 aromatic rings. The molecule has 1 N–H and O–H groups in total. The monoisotopic (exact) mass is 527 g/mol. The Labute approximate surface area is 228 Å². The number of methoxy groups -OCH3 is 1. The van der Waals surface area contributed by atoms with Gasteiger partial charge in [-0.2, -0.15) is 0 Å². The average Bonchev–Trinajstić information content (AvgIpc) is 3.45. The Morgan fingerprint density at radius 3 is 2.36 bits per heavy atom. The maximum atomic E-state index is 13.6. The number of ketones is 1. The molecule has 0 spiro atoms. The van der Waals surface area contributed by atoms with Crippen LogP contribution in [0.25, 0.3) is 5.76 Å². The second kappa shape index (κ2) is 9.80. The second-order valence-electron chi connectivity index (χ2n) is 11.1. The summed E-state index contributed by atoms with van der Waals surface area (Å²) in [7, 11) is 1.52. The fourth-order valence-corrected chi connectivity index (χ4v) is 5.34. The van der Waals surface area contributed by atoms with Crippen molar-refractivity contribution in [3.05, 3.63) is 93.6 Å². The minimum atomic E-state index is -0.796. The van der Waals surface area contributed by atoms with Crippen LogP contribution in [0.2, 0.25) is 0 Å². The fourth-order valence-electron chi connectivity index (χ4n) is 5.34. The number of benzene rings is 3. The summed E-state index contributed by atoms with van der Waals surface area (Å²) in [4.78, 5) is 28.6. The standard InChI is InChI=1S/C32H33NO6/c1-18-13-19(2)30(37-6)23(14-18)28(34)26-27(21-8-10-22(11-9-21)32(3,4)5)33(31(36)29(26)35)16-20-7-12-24-25(15-20)39-17-38-24/h7-15,27,34H,16-17H2,1-6H3/b28-26+. The van der Waals surface area contributed by atoms with Crippen molar-refractivity contribution in [1.82, 2.24) is 4.90 Å². The molecule has 39 heavy (non-hydrogen) atoms. The van der Waals surface area contributed by atoms with Crippen LogP contribution in [0, 0.1) is 13.8 Å². The molecule has 1 fully saturated rings. The third kappa shape index (κ3) is 4.73. The zero-order chi connectivity index (χ0) is 28.1. The van der Waals surface area contributed by atoms with Crippen LogP contribution < -0.4 is 14.2 Å². The Morgan fingerprint density at radius 2 is 1.69 bits per heavy atom. The van der Waals surface area contributed by atoms with E-state index in [1.54, 1.807) is 12.1 Å². The normalized spacial score (nSPS) is 18.1. The zero-order valence-electron chi connectivity index (χ0n) is 23.1. The van der Waals surface area contributed by atoms with Gasteiger partial charge in [0.1, 0.15) is 11.5 Å². The van der Waals surface area contributed by atoms with Crippen LogP contribution in [0.15, 0.2) is 60.2 Å². The molecule has 3 aromatic carbocycles. The molecule has 0 radical (unpaired) electrons. The molecule has 1 atom stereocenters. The van der Waals surface area contributed by atoms with E-state index in [1.807, 2.05) is 56.3 Å². The number of rotatable bonds is 5. The van der Waals surface area contributed by atoms with Gasteiger partial charge in [0.25, 0.3) is 11.7 Å². The van der Waals surface area contributed by atoms with Gasteiger partial charge in [0, 0.05) is 6.54 Å². The molecule has 1 unspecified atom stereocenters. The molecule has 202 valence electrons. The SMILES string of the molecule is COc1c(C)cc(C)cc1/C(O)=C1\C(=O)C(=O)N(Cc2ccc3c(c2)OCO3)C1c1ccc(C(C)(C)C)cc1. The van der Waals surface area contributed by atoms with Crippen molar-refractivity contribution >= 4 is 17.4 Å². The van der Waals surface area contributed by atoms with Gasteiger partial charge in [0.05, 0.1) is 24.3 Å². The van der Waals surface area contributed by atoms with Crippen molar-refractivity contribution in [2.75, 3.05) is 13.9 Å². The van der Waals surface area contributed by atoms with E-state index in [-0.39, 0.29) is 30.1 Å². The summed E-state index contributed by atoms with van der Waals surface area (Å²) >= 11 is 0. The summed E-state index contributed by atoms with van der Waals surface area (Å²) in [5.41, 5.74) is 4.69. The minimum Gasteiger partial charge on any atom is -0.507 e. The molecule has 2 aliphatic heterocycles. The number of aliphatic hydroxyl groups excluding tert-OH is 1. The Balaban J connectivity index is 1.67. The molecular weight excluding hydrogens is 494 g/mol. The molecule has 2 heterocycles. The lowest BCUT2D eigenvalue weighted by Gasteiger charge is -2.27. The van der Waals surface area contributed by atoms with Crippen molar-refractivity contribution < 1.29 is 28.9 Å². The van der Waals surface area contributed by atoms with Crippen LogP contribution in [0.3, 0.4) is 0 Å². The van der Waals surface area contributed by atoms with Gasteiger partial charge >= 0.3 is 0 Å². The number of carbonyl (C=O) groups excluding carboxylic acids is 2. The Morgan fingerprint density at radius 1 is 1.00 bits per heavy atom. The van der Waals surface area contributed by atoms with Crippen molar-refractivity contribution in [2.45, 2.75) is 52.6 Å². The lowest BCUT2D eigenvalue weighted by atomic mass is 9.85. The minimum absolute atomic E-state index is 0.0348. The van der Waals surface area contributed by atoms with E-state index in [4.69, 9.17) is 14.2 Å². The predicted molar refractivity (Wildman–Crippen MR) is 148 cm³/mol. The number of hydrogen-bond donors (Lipinski definition) is 1. The van der Waals surface area contributed by atoms with Crippen LogP contribution in [0.5, 0.6) is 17.2 Å². The number of hydrogen-bond acceptors (Lipinski definition) is 6. The van der Waals surface area contributed by atoms with Crippen molar-refractivity contribution in [2.24, 2.45) is 0 Å². The Bertz CT molecular complexity index is 1500. The number of nitrogens with zero attached hydrogens (tertiary/aromatic N) is 1. The molecule has 0 aromatic heterocycles. The van der Waals surface area contributed by atoms with Gasteiger partial charge in [-0.3, -0.25) is 9.59 Å². The van der Waals surface area contributed by atoms with E-state index >= 15 is 0 Å². The first-order chi connectivity index (χ1) is 18.5. The molecule has 5 rings (SSSR count). The maximum Gasteiger partial charge on any atom is 0.295 e. The van der Waals surface area contributed by atoms with Gasteiger partial charge in [-0.25, -0.2) is 0 Å². The van der Waals surface area contributed by atoms with Gasteiger partial charge in [-0.1, -0.05) is 57.2 Å². The molecule has 1 amide bonds. The van der Waals surface area contributed by atoms with Crippen LogP contribution in [0.1, 0.15) is 60.2 Å². The second-order valence-corrected chi connectivity index (χ2v) is 11.1. The third-order valence-corrected chi connectivity index (χ3v) is 7.30. The van der Waals surface area contributed by atoms with Gasteiger partial charge < -0.3 is 24.2 Å². The molecule has 7 nitrogen and oxygen atoms in total. The van der Waals surface area contributed by atoms with E-state index in [9.17, 15) is 14.7 Å². The number of aliphatic hydroxyl groups is 1. The number of aryl methyl sites for hydroxylation is 2.